The standard InChI is InChI=1S/C22H29N3O6S.ClH/c1-29-19-15-17(16-20(30-2)21(19)31-3)22(26)23-9-10-24-11-13-25(14-12-24)32(27,28)18-7-5-4-6-8-18;/h4-8,15-16H,9-14H2,1-3H3,(H,23,26);1H. The molecule has 0 spiro atoms. The summed E-state index contributed by atoms with van der Waals surface area (Å²) in [5, 5.41) is 2.89. The number of nitrogens with one attached hydrogen (secondary N) is 1. The molecule has 2 aromatic carbocycles. The van der Waals surface area contributed by atoms with E-state index in [1.807, 2.05) is 0 Å². The minimum atomic E-state index is -3.47. The molecule has 0 aliphatic carbocycles. The number of amides is 1. The lowest BCUT2D eigenvalue weighted by molar-refractivity contribution is 0.0944. The highest BCUT2D eigenvalue weighted by Crippen LogP contribution is 2.38. The van der Waals surface area contributed by atoms with Gasteiger partial charge in [0, 0.05) is 44.8 Å². The summed E-state index contributed by atoms with van der Waals surface area (Å²) in [6.45, 7) is 3.09. The van der Waals surface area contributed by atoms with Crippen LogP contribution in [0.2, 0.25) is 0 Å². The molecule has 1 aliphatic heterocycles. The number of hydrogen-bond donors (Lipinski definition) is 1. The molecule has 1 heterocycles. The Balaban J connectivity index is 0.00000385. The molecular formula is C22H30ClN3O6S. The van der Waals surface area contributed by atoms with Crippen LogP contribution < -0.4 is 19.5 Å². The van der Waals surface area contributed by atoms with Gasteiger partial charge in [0.2, 0.25) is 15.8 Å². The van der Waals surface area contributed by atoms with Crippen LogP contribution in [0, 0.1) is 0 Å². The van der Waals surface area contributed by atoms with Crippen molar-refractivity contribution in [1.82, 2.24) is 14.5 Å². The molecule has 1 aliphatic rings. The first-order valence-electron chi connectivity index (χ1n) is 10.3. The molecular weight excluding hydrogens is 470 g/mol. The van der Waals surface area contributed by atoms with Gasteiger partial charge in [-0.25, -0.2) is 8.42 Å². The zero-order valence-electron chi connectivity index (χ0n) is 18.9. The van der Waals surface area contributed by atoms with Gasteiger partial charge < -0.3 is 19.5 Å². The molecule has 1 fully saturated rings. The van der Waals surface area contributed by atoms with Crippen molar-refractivity contribution < 1.29 is 27.4 Å². The molecule has 0 saturated carbocycles. The Morgan fingerprint density at radius 1 is 0.939 bits per heavy atom. The number of nitrogens with zero attached hydrogens (tertiary/aromatic N) is 2. The number of methoxy groups -OCH3 is 3. The van der Waals surface area contributed by atoms with Crippen LogP contribution in [0.1, 0.15) is 10.4 Å². The van der Waals surface area contributed by atoms with E-state index in [1.54, 1.807) is 42.5 Å². The van der Waals surface area contributed by atoms with Crippen molar-refractivity contribution in [2.75, 3.05) is 60.6 Å². The van der Waals surface area contributed by atoms with Crippen molar-refractivity contribution in [2.45, 2.75) is 4.90 Å². The fraction of sp³-hybridized carbons (Fsp3) is 0.409. The molecule has 1 saturated heterocycles. The SMILES string of the molecule is COc1cc(C(=O)NCCN2CCN(S(=O)(=O)c3ccccc3)CC2)cc(OC)c1OC.Cl. The molecule has 11 heteroatoms. The van der Waals surface area contributed by atoms with Crippen LogP contribution in [0.25, 0.3) is 0 Å². The van der Waals surface area contributed by atoms with Crippen LogP contribution in [-0.2, 0) is 10.0 Å². The lowest BCUT2D eigenvalue weighted by Crippen LogP contribution is -2.50. The second kappa shape index (κ2) is 12.1. The maximum atomic E-state index is 12.7. The molecule has 2 aromatic rings. The van der Waals surface area contributed by atoms with Gasteiger partial charge in [-0.1, -0.05) is 18.2 Å². The number of carbonyl (C=O) groups is 1. The number of piperazine rings is 1. The zero-order valence-corrected chi connectivity index (χ0v) is 20.6. The van der Waals surface area contributed by atoms with E-state index in [4.69, 9.17) is 14.2 Å². The number of sulfonamides is 1. The van der Waals surface area contributed by atoms with Gasteiger partial charge in [-0.15, -0.1) is 12.4 Å². The highest BCUT2D eigenvalue weighted by atomic mass is 35.5. The van der Waals surface area contributed by atoms with Crippen LogP contribution in [-0.4, -0.2) is 84.1 Å². The highest BCUT2D eigenvalue weighted by molar-refractivity contribution is 7.89. The third-order valence-electron chi connectivity index (χ3n) is 5.35. The van der Waals surface area contributed by atoms with Gasteiger partial charge in [-0.3, -0.25) is 9.69 Å². The Bertz CT molecular complexity index is 1000. The van der Waals surface area contributed by atoms with Crippen molar-refractivity contribution in [3.63, 3.8) is 0 Å². The predicted octanol–water partition coefficient (Wildman–Crippen LogP) is 1.87. The molecule has 3 rings (SSSR count). The summed E-state index contributed by atoms with van der Waals surface area (Å²) in [7, 11) is 1.03. The topological polar surface area (TPSA) is 97.4 Å². The Kier molecular flexibility index (Phi) is 9.78. The molecule has 0 unspecified atom stereocenters. The number of hydrogen-bond acceptors (Lipinski definition) is 7. The van der Waals surface area contributed by atoms with Crippen LogP contribution in [0.4, 0.5) is 0 Å². The highest BCUT2D eigenvalue weighted by Gasteiger charge is 2.28. The molecule has 0 bridgehead atoms. The van der Waals surface area contributed by atoms with Gasteiger partial charge in [-0.05, 0) is 24.3 Å². The van der Waals surface area contributed by atoms with Crippen LogP contribution in [0.5, 0.6) is 17.2 Å². The van der Waals surface area contributed by atoms with Crippen molar-refractivity contribution in [3.05, 3.63) is 48.0 Å². The Labute approximate surface area is 201 Å². The molecule has 0 aromatic heterocycles. The lowest BCUT2D eigenvalue weighted by Gasteiger charge is -2.33. The Morgan fingerprint density at radius 3 is 2.03 bits per heavy atom. The summed E-state index contributed by atoms with van der Waals surface area (Å²) < 4.78 is 42.8. The third kappa shape index (κ3) is 6.29. The molecule has 0 radical (unpaired) electrons. The summed E-state index contributed by atoms with van der Waals surface area (Å²) >= 11 is 0. The molecule has 1 N–H and O–H groups in total. The third-order valence-corrected chi connectivity index (χ3v) is 7.27. The predicted molar refractivity (Wildman–Crippen MR) is 127 cm³/mol. The molecule has 9 nitrogen and oxygen atoms in total. The smallest absolute Gasteiger partial charge is 0.251 e. The van der Waals surface area contributed by atoms with Crippen molar-refractivity contribution >= 4 is 28.3 Å². The monoisotopic (exact) mass is 499 g/mol. The van der Waals surface area contributed by atoms with E-state index in [9.17, 15) is 13.2 Å². The first kappa shape index (κ1) is 26.7. The van der Waals surface area contributed by atoms with Gasteiger partial charge in [0.05, 0.1) is 26.2 Å². The summed E-state index contributed by atoms with van der Waals surface area (Å²) in [5.41, 5.74) is 0.401. The van der Waals surface area contributed by atoms with E-state index in [0.29, 0.717) is 67.0 Å². The minimum Gasteiger partial charge on any atom is -0.493 e. The maximum absolute atomic E-state index is 12.7. The lowest BCUT2D eigenvalue weighted by atomic mass is 10.1. The average molecular weight is 500 g/mol. The van der Waals surface area contributed by atoms with Crippen molar-refractivity contribution in [2.24, 2.45) is 0 Å². The summed E-state index contributed by atoms with van der Waals surface area (Å²) in [5.74, 6) is 0.991. The van der Waals surface area contributed by atoms with Gasteiger partial charge in [-0.2, -0.15) is 4.31 Å². The number of halogens is 1. The number of ether oxygens (including phenoxy) is 3. The quantitative estimate of drug-likeness (QED) is 0.562. The number of rotatable bonds is 9. The van der Waals surface area contributed by atoms with E-state index in [0.717, 1.165) is 0 Å². The second-order valence-electron chi connectivity index (χ2n) is 7.23. The van der Waals surface area contributed by atoms with Crippen LogP contribution in [0.3, 0.4) is 0 Å². The minimum absolute atomic E-state index is 0. The normalized spacial score (nSPS) is 14.8. The van der Waals surface area contributed by atoms with Crippen LogP contribution >= 0.6 is 12.4 Å². The maximum Gasteiger partial charge on any atom is 0.251 e. The second-order valence-corrected chi connectivity index (χ2v) is 9.17. The fourth-order valence-corrected chi connectivity index (χ4v) is 5.02. The van der Waals surface area contributed by atoms with Crippen molar-refractivity contribution in [1.29, 1.82) is 0 Å². The first-order chi connectivity index (χ1) is 15.4. The molecule has 0 atom stereocenters. The molecule has 182 valence electrons. The number of carbonyl (C=O) groups excluding carboxylic acids is 1. The fourth-order valence-electron chi connectivity index (χ4n) is 3.58. The van der Waals surface area contributed by atoms with E-state index in [-0.39, 0.29) is 18.3 Å². The largest absolute Gasteiger partial charge is 0.493 e. The molecule has 33 heavy (non-hydrogen) atoms. The Hall–Kier alpha value is -2.53. The molecule has 1 amide bonds. The summed E-state index contributed by atoms with van der Waals surface area (Å²) in [6, 6.07) is 11.7. The van der Waals surface area contributed by atoms with Gasteiger partial charge in [0.25, 0.3) is 5.91 Å². The van der Waals surface area contributed by atoms with E-state index < -0.39 is 10.0 Å². The summed E-state index contributed by atoms with van der Waals surface area (Å²) in [4.78, 5) is 15.0. The zero-order chi connectivity index (χ0) is 23.1. The van der Waals surface area contributed by atoms with Gasteiger partial charge in [0.1, 0.15) is 0 Å². The van der Waals surface area contributed by atoms with Gasteiger partial charge >= 0.3 is 0 Å². The average Bonchev–Trinajstić information content (AvgIpc) is 2.83. The Morgan fingerprint density at radius 2 is 1.52 bits per heavy atom. The van der Waals surface area contributed by atoms with E-state index in [1.165, 1.54) is 25.6 Å². The number of benzene rings is 2. The van der Waals surface area contributed by atoms with Crippen molar-refractivity contribution in [3.8, 4) is 17.2 Å². The van der Waals surface area contributed by atoms with Crippen LogP contribution in [0.15, 0.2) is 47.4 Å². The van der Waals surface area contributed by atoms with Gasteiger partial charge in [0.15, 0.2) is 11.5 Å². The summed E-state index contributed by atoms with van der Waals surface area (Å²) in [6.07, 6.45) is 0. The van der Waals surface area contributed by atoms with E-state index in [2.05, 4.69) is 10.2 Å². The van der Waals surface area contributed by atoms with E-state index >= 15 is 0 Å². The first-order valence-corrected chi connectivity index (χ1v) is 11.7.